The van der Waals surface area contributed by atoms with Gasteiger partial charge in [0, 0.05) is 35.4 Å². The quantitative estimate of drug-likeness (QED) is 0.492. The third kappa shape index (κ3) is 4.65. The van der Waals surface area contributed by atoms with E-state index in [2.05, 4.69) is 21.7 Å². The highest BCUT2D eigenvalue weighted by molar-refractivity contribution is 7.86. The van der Waals surface area contributed by atoms with Gasteiger partial charge in [0.2, 0.25) is 11.8 Å². The molecule has 2 aliphatic rings. The normalized spacial score (nSPS) is 20.3. The van der Waals surface area contributed by atoms with E-state index in [0.717, 1.165) is 0 Å². The predicted octanol–water partition coefficient (Wildman–Crippen LogP) is 4.14. The Bertz CT molecular complexity index is 1430. The number of furan rings is 1. The summed E-state index contributed by atoms with van der Waals surface area (Å²) < 4.78 is 45.7. The van der Waals surface area contributed by atoms with Gasteiger partial charge in [-0.1, -0.05) is 12.1 Å². The Morgan fingerprint density at radius 2 is 1.86 bits per heavy atom. The highest BCUT2D eigenvalue weighted by Crippen LogP contribution is 2.41. The van der Waals surface area contributed by atoms with Gasteiger partial charge in [0.05, 0.1) is 22.6 Å². The molecule has 0 aliphatic heterocycles. The number of alkyl halides is 2. The fourth-order valence-corrected chi connectivity index (χ4v) is 5.75. The standard InChI is InChI=1S/C24H22F2N4O4S2/c1-36(33)21-28-16(12-35-21)14-2-3-15-11-18(34-17(15)10-14)19(31)29-23(6-8-24(25,26)9-7-23)20(32)30-22(13-27)4-5-22/h2-3,10-12H,4-9H2,1H3,(H,29,31)(H,30,32). The zero-order valence-electron chi connectivity index (χ0n) is 19.2. The maximum Gasteiger partial charge on any atom is 0.287 e. The second-order valence-electron chi connectivity index (χ2n) is 9.36. The summed E-state index contributed by atoms with van der Waals surface area (Å²) in [7, 11) is -1.20. The SMILES string of the molecule is CS(=O)c1nc(-c2ccc3cc(C(=O)NC4(C(=O)NC5(C#N)CC5)CCC(F)(F)CC4)oc3c2)cs1. The van der Waals surface area contributed by atoms with Crippen molar-refractivity contribution in [3.05, 3.63) is 35.4 Å². The number of fused-ring (bicyclic) bond motifs is 1. The van der Waals surface area contributed by atoms with Gasteiger partial charge in [0.25, 0.3) is 5.91 Å². The van der Waals surface area contributed by atoms with Crippen LogP contribution in [-0.4, -0.2) is 44.3 Å². The Morgan fingerprint density at radius 1 is 1.14 bits per heavy atom. The molecule has 36 heavy (non-hydrogen) atoms. The Kier molecular flexibility index (Phi) is 5.95. The van der Waals surface area contributed by atoms with E-state index in [1.807, 2.05) is 0 Å². The first-order valence-electron chi connectivity index (χ1n) is 11.3. The first kappa shape index (κ1) is 24.5. The van der Waals surface area contributed by atoms with Crippen molar-refractivity contribution in [1.82, 2.24) is 15.6 Å². The van der Waals surface area contributed by atoms with Crippen molar-refractivity contribution in [2.75, 3.05) is 6.26 Å². The zero-order valence-corrected chi connectivity index (χ0v) is 20.9. The van der Waals surface area contributed by atoms with Crippen LogP contribution in [0.2, 0.25) is 0 Å². The minimum Gasteiger partial charge on any atom is -0.451 e. The Labute approximate surface area is 211 Å². The second-order valence-corrected chi connectivity index (χ2v) is 11.8. The number of amides is 2. The van der Waals surface area contributed by atoms with Crippen LogP contribution >= 0.6 is 11.3 Å². The number of carbonyl (C=O) groups excluding carboxylic acids is 2. The molecule has 8 nitrogen and oxygen atoms in total. The summed E-state index contributed by atoms with van der Waals surface area (Å²) in [5.74, 6) is -4.32. The molecule has 2 aromatic heterocycles. The monoisotopic (exact) mass is 532 g/mol. The smallest absolute Gasteiger partial charge is 0.287 e. The van der Waals surface area contributed by atoms with Gasteiger partial charge in [0.15, 0.2) is 10.1 Å². The van der Waals surface area contributed by atoms with Crippen LogP contribution in [0.25, 0.3) is 22.2 Å². The predicted molar refractivity (Wildman–Crippen MR) is 129 cm³/mol. The summed E-state index contributed by atoms with van der Waals surface area (Å²) in [5, 5.41) is 17.1. The molecule has 2 heterocycles. The van der Waals surface area contributed by atoms with Gasteiger partial charge in [-0.25, -0.2) is 13.8 Å². The average molecular weight is 533 g/mol. The number of aromatic nitrogens is 1. The molecule has 1 aromatic carbocycles. The molecule has 0 bridgehead atoms. The molecular weight excluding hydrogens is 510 g/mol. The van der Waals surface area contributed by atoms with Crippen molar-refractivity contribution in [2.24, 2.45) is 0 Å². The van der Waals surface area contributed by atoms with Crippen molar-refractivity contribution in [3.63, 3.8) is 0 Å². The molecule has 12 heteroatoms. The lowest BCUT2D eigenvalue weighted by Gasteiger charge is -2.39. The number of hydrogen-bond donors (Lipinski definition) is 2. The molecule has 1 atom stereocenters. The highest BCUT2D eigenvalue weighted by Gasteiger charge is 2.53. The molecule has 2 aliphatic carbocycles. The van der Waals surface area contributed by atoms with Crippen molar-refractivity contribution in [1.29, 1.82) is 5.26 Å². The van der Waals surface area contributed by atoms with Gasteiger partial charge in [-0.05, 0) is 37.8 Å². The summed E-state index contributed by atoms with van der Waals surface area (Å²) in [6.07, 6.45) is 0.896. The highest BCUT2D eigenvalue weighted by atomic mass is 32.2. The zero-order chi connectivity index (χ0) is 25.7. The van der Waals surface area contributed by atoms with Gasteiger partial charge < -0.3 is 15.1 Å². The lowest BCUT2D eigenvalue weighted by molar-refractivity contribution is -0.133. The Morgan fingerprint density at radius 3 is 2.47 bits per heavy atom. The van der Waals surface area contributed by atoms with Crippen LogP contribution in [0.15, 0.2) is 38.4 Å². The van der Waals surface area contributed by atoms with Crippen LogP contribution in [0.3, 0.4) is 0 Å². The third-order valence-corrected chi connectivity index (χ3v) is 8.92. The van der Waals surface area contributed by atoms with Crippen LogP contribution in [-0.2, 0) is 15.6 Å². The fraction of sp³-hybridized carbons (Fsp3) is 0.417. The van der Waals surface area contributed by atoms with Crippen LogP contribution < -0.4 is 10.6 Å². The summed E-state index contributed by atoms with van der Waals surface area (Å²) in [6.45, 7) is 0. The molecule has 2 fully saturated rings. The summed E-state index contributed by atoms with van der Waals surface area (Å²) in [6, 6.07) is 8.82. The van der Waals surface area contributed by atoms with Crippen LogP contribution in [0.5, 0.6) is 0 Å². The molecular formula is C24H22F2N4O4S2. The van der Waals surface area contributed by atoms with Crippen molar-refractivity contribution < 1.29 is 27.0 Å². The topological polar surface area (TPSA) is 125 Å². The first-order valence-corrected chi connectivity index (χ1v) is 13.7. The van der Waals surface area contributed by atoms with E-state index < -0.39 is 52.5 Å². The largest absolute Gasteiger partial charge is 0.451 e. The lowest BCUT2D eigenvalue weighted by atomic mass is 9.78. The van der Waals surface area contributed by atoms with Crippen molar-refractivity contribution >= 4 is 44.9 Å². The van der Waals surface area contributed by atoms with Crippen LogP contribution in [0, 0.1) is 11.3 Å². The number of carbonyl (C=O) groups is 2. The van der Waals surface area contributed by atoms with Gasteiger partial charge in [0.1, 0.15) is 16.7 Å². The number of halogens is 2. The Hall–Kier alpha value is -3.17. The Balaban J connectivity index is 1.39. The number of benzene rings is 1. The van der Waals surface area contributed by atoms with E-state index in [9.17, 15) is 27.8 Å². The third-order valence-electron chi connectivity index (χ3n) is 6.71. The van der Waals surface area contributed by atoms with E-state index in [-0.39, 0.29) is 18.6 Å². The number of nitrogens with one attached hydrogen (secondary N) is 2. The fourth-order valence-electron chi connectivity index (χ4n) is 4.28. The molecule has 0 spiro atoms. The van der Waals surface area contributed by atoms with Crippen molar-refractivity contribution in [3.8, 4) is 17.3 Å². The van der Waals surface area contributed by atoms with Gasteiger partial charge in [-0.2, -0.15) is 5.26 Å². The van der Waals surface area contributed by atoms with E-state index in [1.54, 1.807) is 29.8 Å². The minimum absolute atomic E-state index is 0.0679. The molecule has 0 radical (unpaired) electrons. The average Bonchev–Trinajstić information content (AvgIpc) is 3.24. The molecule has 3 aromatic rings. The summed E-state index contributed by atoms with van der Waals surface area (Å²) in [4.78, 5) is 30.7. The van der Waals surface area contributed by atoms with E-state index in [0.29, 0.717) is 39.4 Å². The molecule has 2 N–H and O–H groups in total. The van der Waals surface area contributed by atoms with E-state index >= 15 is 0 Å². The van der Waals surface area contributed by atoms with E-state index in [1.165, 1.54) is 17.4 Å². The van der Waals surface area contributed by atoms with Gasteiger partial charge >= 0.3 is 0 Å². The minimum atomic E-state index is -2.92. The maximum absolute atomic E-state index is 13.9. The molecule has 5 rings (SSSR count). The van der Waals surface area contributed by atoms with E-state index in [4.69, 9.17) is 4.42 Å². The maximum atomic E-state index is 13.9. The number of rotatable bonds is 6. The number of thiazole rings is 1. The molecule has 188 valence electrons. The van der Waals surface area contributed by atoms with Gasteiger partial charge in [-0.3, -0.25) is 13.8 Å². The molecule has 1 unspecified atom stereocenters. The molecule has 2 saturated carbocycles. The summed E-state index contributed by atoms with van der Waals surface area (Å²) in [5.41, 5.74) is -0.819. The second kappa shape index (κ2) is 8.74. The van der Waals surface area contributed by atoms with Crippen molar-refractivity contribution in [2.45, 2.75) is 59.9 Å². The first-order chi connectivity index (χ1) is 17.0. The number of hydrogen-bond acceptors (Lipinski definition) is 7. The lowest BCUT2D eigenvalue weighted by Crippen LogP contribution is -2.62. The van der Waals surface area contributed by atoms with Gasteiger partial charge in [-0.15, -0.1) is 11.3 Å². The van der Waals surface area contributed by atoms with Crippen LogP contribution in [0.4, 0.5) is 8.78 Å². The van der Waals surface area contributed by atoms with Crippen LogP contribution in [0.1, 0.15) is 49.1 Å². The number of nitriles is 1. The molecule has 2 amide bonds. The molecule has 0 saturated heterocycles. The number of nitrogens with zero attached hydrogens (tertiary/aromatic N) is 2. The summed E-state index contributed by atoms with van der Waals surface area (Å²) >= 11 is 1.28.